The molecule has 1 aliphatic carbocycles. The second-order valence-electron chi connectivity index (χ2n) is 4.25. The van der Waals surface area contributed by atoms with Gasteiger partial charge in [0.15, 0.2) is 0 Å². The highest BCUT2D eigenvalue weighted by atomic mass is 16.8. The van der Waals surface area contributed by atoms with E-state index in [1.165, 1.54) is 19.4 Å². The van der Waals surface area contributed by atoms with Gasteiger partial charge in [-0.15, -0.1) is 0 Å². The standard InChI is InChI=1S/C13H20O5/c1-3-7-12(14)16-10(2)17-13(15)18-11-8-5-4-6-9-11/h3,7,10-11H,4-6,8-9H2,1-2H3/b7-3+. The van der Waals surface area contributed by atoms with Gasteiger partial charge in [0.2, 0.25) is 6.29 Å². The van der Waals surface area contributed by atoms with Crippen LogP contribution < -0.4 is 0 Å². The van der Waals surface area contributed by atoms with Crippen LogP contribution in [0.3, 0.4) is 0 Å². The van der Waals surface area contributed by atoms with Crippen molar-refractivity contribution in [3.63, 3.8) is 0 Å². The van der Waals surface area contributed by atoms with Crippen LogP contribution in [0, 0.1) is 0 Å². The van der Waals surface area contributed by atoms with Crippen LogP contribution in [0.4, 0.5) is 4.79 Å². The zero-order valence-corrected chi connectivity index (χ0v) is 10.9. The van der Waals surface area contributed by atoms with Gasteiger partial charge in [-0.05, 0) is 32.6 Å². The molecule has 1 unspecified atom stereocenters. The van der Waals surface area contributed by atoms with E-state index in [1.807, 2.05) is 0 Å². The number of esters is 1. The van der Waals surface area contributed by atoms with Crippen molar-refractivity contribution >= 4 is 12.1 Å². The molecule has 5 nitrogen and oxygen atoms in total. The average Bonchev–Trinajstić information content (AvgIpc) is 2.29. The zero-order chi connectivity index (χ0) is 13.4. The summed E-state index contributed by atoms with van der Waals surface area (Å²) in [4.78, 5) is 22.5. The van der Waals surface area contributed by atoms with E-state index in [-0.39, 0.29) is 6.10 Å². The number of hydrogen-bond donors (Lipinski definition) is 0. The first-order valence-electron chi connectivity index (χ1n) is 6.32. The Morgan fingerprint density at radius 1 is 1.17 bits per heavy atom. The molecule has 0 bridgehead atoms. The zero-order valence-electron chi connectivity index (χ0n) is 10.9. The maximum Gasteiger partial charge on any atom is 0.511 e. The highest BCUT2D eigenvalue weighted by Gasteiger charge is 2.20. The minimum absolute atomic E-state index is 0.0651. The third-order valence-corrected chi connectivity index (χ3v) is 2.66. The predicted octanol–water partition coefficient (Wildman–Crippen LogP) is 2.94. The Kier molecular flexibility index (Phi) is 6.25. The first kappa shape index (κ1) is 14.5. The fourth-order valence-corrected chi connectivity index (χ4v) is 1.85. The van der Waals surface area contributed by atoms with Crippen LogP contribution in [0.2, 0.25) is 0 Å². The Hall–Kier alpha value is -1.52. The lowest BCUT2D eigenvalue weighted by Gasteiger charge is -2.22. The maximum absolute atomic E-state index is 11.4. The van der Waals surface area contributed by atoms with Crippen molar-refractivity contribution in [2.75, 3.05) is 0 Å². The largest absolute Gasteiger partial charge is 0.511 e. The molecular formula is C13H20O5. The number of carbonyl (C=O) groups is 2. The Labute approximate surface area is 107 Å². The Bertz CT molecular complexity index is 305. The van der Waals surface area contributed by atoms with Gasteiger partial charge in [-0.1, -0.05) is 12.5 Å². The summed E-state index contributed by atoms with van der Waals surface area (Å²) in [7, 11) is 0. The second-order valence-corrected chi connectivity index (χ2v) is 4.25. The molecule has 0 aromatic rings. The van der Waals surface area contributed by atoms with Crippen LogP contribution in [-0.2, 0) is 19.0 Å². The van der Waals surface area contributed by atoms with E-state index in [0.717, 1.165) is 25.7 Å². The molecular weight excluding hydrogens is 236 g/mol. The van der Waals surface area contributed by atoms with E-state index < -0.39 is 18.4 Å². The van der Waals surface area contributed by atoms with Crippen molar-refractivity contribution in [1.29, 1.82) is 0 Å². The molecule has 0 heterocycles. The minimum atomic E-state index is -0.940. The van der Waals surface area contributed by atoms with E-state index in [9.17, 15) is 9.59 Å². The number of carbonyl (C=O) groups excluding carboxylic acids is 2. The third-order valence-electron chi connectivity index (χ3n) is 2.66. The molecule has 1 saturated carbocycles. The van der Waals surface area contributed by atoms with Crippen molar-refractivity contribution in [2.24, 2.45) is 0 Å². The Morgan fingerprint density at radius 2 is 1.83 bits per heavy atom. The molecule has 1 aliphatic rings. The van der Waals surface area contributed by atoms with Gasteiger partial charge in [-0.3, -0.25) is 0 Å². The number of hydrogen-bond acceptors (Lipinski definition) is 5. The van der Waals surface area contributed by atoms with Gasteiger partial charge < -0.3 is 14.2 Å². The van der Waals surface area contributed by atoms with E-state index in [4.69, 9.17) is 14.2 Å². The number of ether oxygens (including phenoxy) is 3. The maximum atomic E-state index is 11.4. The van der Waals surface area contributed by atoms with E-state index >= 15 is 0 Å². The SMILES string of the molecule is C/C=C/C(=O)OC(C)OC(=O)OC1CCCCC1. The summed E-state index contributed by atoms with van der Waals surface area (Å²) in [5.41, 5.74) is 0. The topological polar surface area (TPSA) is 61.8 Å². The normalized spacial score (nSPS) is 18.3. The first-order chi connectivity index (χ1) is 8.61. The average molecular weight is 256 g/mol. The van der Waals surface area contributed by atoms with E-state index in [0.29, 0.717) is 0 Å². The summed E-state index contributed by atoms with van der Waals surface area (Å²) in [6, 6.07) is 0. The van der Waals surface area contributed by atoms with Gasteiger partial charge in [-0.2, -0.15) is 0 Å². The van der Waals surface area contributed by atoms with E-state index in [2.05, 4.69) is 0 Å². The van der Waals surface area contributed by atoms with Crippen molar-refractivity contribution in [3.05, 3.63) is 12.2 Å². The quantitative estimate of drug-likeness (QED) is 0.439. The van der Waals surface area contributed by atoms with Gasteiger partial charge in [0.05, 0.1) is 0 Å². The molecule has 5 heteroatoms. The molecule has 0 aromatic carbocycles. The second kappa shape index (κ2) is 7.74. The molecule has 18 heavy (non-hydrogen) atoms. The van der Waals surface area contributed by atoms with Crippen LogP contribution >= 0.6 is 0 Å². The summed E-state index contributed by atoms with van der Waals surface area (Å²) in [5, 5.41) is 0. The molecule has 0 aliphatic heterocycles. The Morgan fingerprint density at radius 3 is 2.44 bits per heavy atom. The fourth-order valence-electron chi connectivity index (χ4n) is 1.85. The fraction of sp³-hybridized carbons (Fsp3) is 0.692. The van der Waals surface area contributed by atoms with Crippen molar-refractivity contribution in [1.82, 2.24) is 0 Å². The molecule has 0 aromatic heterocycles. The van der Waals surface area contributed by atoms with Gasteiger partial charge in [0.25, 0.3) is 0 Å². The van der Waals surface area contributed by atoms with Gasteiger partial charge in [0.1, 0.15) is 6.10 Å². The number of allylic oxidation sites excluding steroid dienone is 1. The molecule has 0 spiro atoms. The van der Waals surface area contributed by atoms with E-state index in [1.54, 1.807) is 13.0 Å². The first-order valence-corrected chi connectivity index (χ1v) is 6.32. The lowest BCUT2D eigenvalue weighted by molar-refractivity contribution is -0.163. The molecule has 1 rings (SSSR count). The summed E-state index contributed by atoms with van der Waals surface area (Å²) < 4.78 is 14.8. The third kappa shape index (κ3) is 5.70. The molecule has 102 valence electrons. The Balaban J connectivity index is 2.23. The highest BCUT2D eigenvalue weighted by Crippen LogP contribution is 2.20. The summed E-state index contributed by atoms with van der Waals surface area (Å²) in [6.07, 6.45) is 6.11. The van der Waals surface area contributed by atoms with Crippen LogP contribution in [0.25, 0.3) is 0 Å². The van der Waals surface area contributed by atoms with Crippen LogP contribution in [0.5, 0.6) is 0 Å². The molecule has 1 atom stereocenters. The van der Waals surface area contributed by atoms with Gasteiger partial charge in [-0.25, -0.2) is 9.59 Å². The molecule has 0 saturated heterocycles. The molecule has 1 fully saturated rings. The van der Waals surface area contributed by atoms with Crippen LogP contribution in [0.15, 0.2) is 12.2 Å². The van der Waals surface area contributed by atoms with Crippen molar-refractivity contribution < 1.29 is 23.8 Å². The molecule has 0 radical (unpaired) electrons. The molecule has 0 amide bonds. The van der Waals surface area contributed by atoms with Gasteiger partial charge >= 0.3 is 12.1 Å². The lowest BCUT2D eigenvalue weighted by Crippen LogP contribution is -2.26. The van der Waals surface area contributed by atoms with Crippen LogP contribution in [-0.4, -0.2) is 24.5 Å². The van der Waals surface area contributed by atoms with Crippen molar-refractivity contribution in [3.8, 4) is 0 Å². The summed E-state index contributed by atoms with van der Waals surface area (Å²) in [5.74, 6) is -0.546. The minimum Gasteiger partial charge on any atom is -0.431 e. The lowest BCUT2D eigenvalue weighted by atomic mass is 9.98. The summed E-state index contributed by atoms with van der Waals surface area (Å²) in [6.45, 7) is 3.17. The highest BCUT2D eigenvalue weighted by molar-refractivity contribution is 5.81. The van der Waals surface area contributed by atoms with Gasteiger partial charge in [0, 0.05) is 13.0 Å². The number of rotatable bonds is 4. The summed E-state index contributed by atoms with van der Waals surface area (Å²) >= 11 is 0. The molecule has 0 N–H and O–H groups in total. The monoisotopic (exact) mass is 256 g/mol. The van der Waals surface area contributed by atoms with Crippen LogP contribution in [0.1, 0.15) is 46.0 Å². The predicted molar refractivity (Wildman–Crippen MR) is 64.8 cm³/mol. The smallest absolute Gasteiger partial charge is 0.431 e. The van der Waals surface area contributed by atoms with Crippen molar-refractivity contribution in [2.45, 2.75) is 58.3 Å².